The maximum Gasteiger partial charge on any atom is 0.277 e. The third kappa shape index (κ3) is 4.97. The fourth-order valence-electron chi connectivity index (χ4n) is 1.88. The summed E-state index contributed by atoms with van der Waals surface area (Å²) in [6.45, 7) is 1.90. The van der Waals surface area contributed by atoms with Crippen LogP contribution in [-0.2, 0) is 10.5 Å². The number of thioether (sulfide) groups is 2. The van der Waals surface area contributed by atoms with Crippen molar-refractivity contribution in [2.24, 2.45) is 0 Å². The van der Waals surface area contributed by atoms with Gasteiger partial charge in [-0.3, -0.25) is 4.79 Å². The molecule has 8 heteroatoms. The molecule has 23 heavy (non-hydrogen) atoms. The minimum absolute atomic E-state index is 0.0589. The van der Waals surface area contributed by atoms with E-state index in [1.54, 1.807) is 35.8 Å². The van der Waals surface area contributed by atoms with Crippen molar-refractivity contribution >= 4 is 29.4 Å². The summed E-state index contributed by atoms with van der Waals surface area (Å²) < 4.78 is 18.4. The Morgan fingerprint density at radius 3 is 2.70 bits per heavy atom. The molecule has 5 nitrogen and oxygen atoms in total. The van der Waals surface area contributed by atoms with E-state index in [1.807, 2.05) is 13.2 Å². The minimum Gasteiger partial charge on any atom is -0.415 e. The van der Waals surface area contributed by atoms with Gasteiger partial charge in [0.1, 0.15) is 5.82 Å². The van der Waals surface area contributed by atoms with Gasteiger partial charge in [-0.2, -0.15) is 11.8 Å². The number of nitrogens with zero attached hydrogens (tertiary/aromatic N) is 3. The van der Waals surface area contributed by atoms with Gasteiger partial charge in [-0.1, -0.05) is 23.9 Å². The Morgan fingerprint density at radius 1 is 1.35 bits per heavy atom. The van der Waals surface area contributed by atoms with E-state index in [0.717, 1.165) is 5.56 Å². The first-order valence-corrected chi connectivity index (χ1v) is 9.34. The fraction of sp³-hybridized carbons (Fsp3) is 0.400. The van der Waals surface area contributed by atoms with E-state index in [4.69, 9.17) is 4.42 Å². The molecule has 124 valence electrons. The maximum atomic E-state index is 13.0. The standard InChI is InChI=1S/C15H18FN3O2S2/c1-10(11-4-6-12(16)7-5-11)19(2)14(20)9-23-15-18-17-13(21-15)8-22-3/h4-7,10H,8-9H2,1-3H3. The lowest BCUT2D eigenvalue weighted by Crippen LogP contribution is -2.31. The average molecular weight is 355 g/mol. The Labute approximate surface area is 143 Å². The predicted octanol–water partition coefficient (Wildman–Crippen LogP) is 3.38. The van der Waals surface area contributed by atoms with Gasteiger partial charge < -0.3 is 9.32 Å². The SMILES string of the molecule is CSCc1nnc(SCC(=O)N(C)C(C)c2ccc(F)cc2)o1. The zero-order valence-electron chi connectivity index (χ0n) is 13.2. The largest absolute Gasteiger partial charge is 0.415 e. The first kappa shape index (κ1) is 17.8. The normalized spacial score (nSPS) is 12.2. The first-order chi connectivity index (χ1) is 11.0. The molecule has 0 saturated heterocycles. The quantitative estimate of drug-likeness (QED) is 0.710. The Kier molecular flexibility index (Phi) is 6.47. The van der Waals surface area contributed by atoms with Gasteiger partial charge in [0.25, 0.3) is 5.22 Å². The van der Waals surface area contributed by atoms with Crippen LogP contribution in [0.4, 0.5) is 4.39 Å². The predicted molar refractivity (Wildman–Crippen MR) is 89.8 cm³/mol. The summed E-state index contributed by atoms with van der Waals surface area (Å²) >= 11 is 2.81. The van der Waals surface area contributed by atoms with Crippen LogP contribution in [0.1, 0.15) is 24.4 Å². The van der Waals surface area contributed by atoms with Crippen LogP contribution in [0, 0.1) is 5.82 Å². The van der Waals surface area contributed by atoms with E-state index in [0.29, 0.717) is 16.9 Å². The Morgan fingerprint density at radius 2 is 2.04 bits per heavy atom. The molecule has 1 aromatic carbocycles. The number of rotatable bonds is 7. The Hall–Kier alpha value is -1.54. The van der Waals surface area contributed by atoms with Gasteiger partial charge in [-0.05, 0) is 30.9 Å². The summed E-state index contributed by atoms with van der Waals surface area (Å²) in [6, 6.07) is 6.01. The molecule has 2 aromatic rings. The Bertz CT molecular complexity index is 648. The summed E-state index contributed by atoms with van der Waals surface area (Å²) in [5.41, 5.74) is 0.882. The monoisotopic (exact) mass is 355 g/mol. The van der Waals surface area contributed by atoms with E-state index in [1.165, 1.54) is 23.9 Å². The van der Waals surface area contributed by atoms with Crippen LogP contribution in [0.5, 0.6) is 0 Å². The van der Waals surface area contributed by atoms with Crippen molar-refractivity contribution in [1.29, 1.82) is 0 Å². The number of carbonyl (C=O) groups excluding carboxylic acids is 1. The van der Waals surface area contributed by atoms with Crippen LogP contribution in [0.15, 0.2) is 33.9 Å². The van der Waals surface area contributed by atoms with Crippen molar-refractivity contribution in [3.05, 3.63) is 41.5 Å². The van der Waals surface area contributed by atoms with E-state index in [9.17, 15) is 9.18 Å². The topological polar surface area (TPSA) is 59.2 Å². The number of halogens is 1. The van der Waals surface area contributed by atoms with E-state index < -0.39 is 0 Å². The van der Waals surface area contributed by atoms with Crippen LogP contribution in [0.2, 0.25) is 0 Å². The lowest BCUT2D eigenvalue weighted by molar-refractivity contribution is -0.128. The summed E-state index contributed by atoms with van der Waals surface area (Å²) in [7, 11) is 1.73. The molecular formula is C15H18FN3O2S2. The zero-order chi connectivity index (χ0) is 16.8. The summed E-state index contributed by atoms with van der Waals surface area (Å²) in [5.74, 6) is 1.08. The number of carbonyl (C=O) groups is 1. The molecule has 0 aliphatic carbocycles. The molecule has 0 radical (unpaired) electrons. The van der Waals surface area contributed by atoms with Gasteiger partial charge in [0.15, 0.2) is 0 Å². The molecular weight excluding hydrogens is 337 g/mol. The highest BCUT2D eigenvalue weighted by Gasteiger charge is 2.18. The van der Waals surface area contributed by atoms with E-state index >= 15 is 0 Å². The van der Waals surface area contributed by atoms with Crippen LogP contribution < -0.4 is 0 Å². The summed E-state index contributed by atoms with van der Waals surface area (Å²) in [6.07, 6.45) is 1.95. The first-order valence-electron chi connectivity index (χ1n) is 6.96. The molecule has 1 heterocycles. The van der Waals surface area contributed by atoms with E-state index in [2.05, 4.69) is 10.2 Å². The van der Waals surface area contributed by atoms with Crippen LogP contribution >= 0.6 is 23.5 Å². The number of aromatic nitrogens is 2. The summed E-state index contributed by atoms with van der Waals surface area (Å²) in [4.78, 5) is 13.9. The van der Waals surface area contributed by atoms with Crippen molar-refractivity contribution in [3.8, 4) is 0 Å². The maximum absolute atomic E-state index is 13.0. The molecule has 0 aliphatic rings. The third-order valence-corrected chi connectivity index (χ3v) is 4.70. The molecule has 0 N–H and O–H groups in total. The van der Waals surface area contributed by atoms with Crippen LogP contribution in [0.25, 0.3) is 0 Å². The molecule has 1 amide bonds. The third-order valence-electron chi connectivity index (χ3n) is 3.36. The zero-order valence-corrected chi connectivity index (χ0v) is 14.8. The number of amides is 1. The van der Waals surface area contributed by atoms with Gasteiger partial charge in [0.2, 0.25) is 11.8 Å². The van der Waals surface area contributed by atoms with Crippen molar-refractivity contribution in [3.63, 3.8) is 0 Å². The summed E-state index contributed by atoms with van der Waals surface area (Å²) in [5, 5.41) is 8.19. The second kappa shape index (κ2) is 8.35. The highest BCUT2D eigenvalue weighted by molar-refractivity contribution is 7.99. The second-order valence-electron chi connectivity index (χ2n) is 4.92. The van der Waals surface area contributed by atoms with Gasteiger partial charge in [-0.15, -0.1) is 10.2 Å². The Balaban J connectivity index is 1.89. The highest BCUT2D eigenvalue weighted by atomic mass is 32.2. The number of hydrogen-bond donors (Lipinski definition) is 0. The fourth-order valence-corrected chi connectivity index (χ4v) is 2.95. The van der Waals surface area contributed by atoms with Crippen molar-refractivity contribution < 1.29 is 13.6 Å². The molecule has 1 unspecified atom stereocenters. The molecule has 1 atom stereocenters. The lowest BCUT2D eigenvalue weighted by atomic mass is 10.1. The van der Waals surface area contributed by atoms with Gasteiger partial charge in [0.05, 0.1) is 17.5 Å². The molecule has 0 aliphatic heterocycles. The van der Waals surface area contributed by atoms with Gasteiger partial charge in [0, 0.05) is 7.05 Å². The van der Waals surface area contributed by atoms with Gasteiger partial charge in [-0.25, -0.2) is 4.39 Å². The molecule has 0 fully saturated rings. The molecule has 0 spiro atoms. The smallest absolute Gasteiger partial charge is 0.277 e. The van der Waals surface area contributed by atoms with Crippen LogP contribution in [0.3, 0.4) is 0 Å². The molecule has 1 aromatic heterocycles. The van der Waals surface area contributed by atoms with Crippen molar-refractivity contribution in [2.45, 2.75) is 23.9 Å². The van der Waals surface area contributed by atoms with Crippen LogP contribution in [-0.4, -0.2) is 40.1 Å². The average Bonchev–Trinajstić information content (AvgIpc) is 3.00. The van der Waals surface area contributed by atoms with Crippen molar-refractivity contribution in [1.82, 2.24) is 15.1 Å². The van der Waals surface area contributed by atoms with Gasteiger partial charge >= 0.3 is 0 Å². The van der Waals surface area contributed by atoms with E-state index in [-0.39, 0.29) is 23.5 Å². The molecule has 0 saturated carbocycles. The lowest BCUT2D eigenvalue weighted by Gasteiger charge is -2.25. The van der Waals surface area contributed by atoms with Crippen molar-refractivity contribution in [2.75, 3.05) is 19.1 Å². The second-order valence-corrected chi connectivity index (χ2v) is 6.71. The molecule has 0 bridgehead atoms. The highest BCUT2D eigenvalue weighted by Crippen LogP contribution is 2.22. The minimum atomic E-state index is -0.289. The molecule has 2 rings (SSSR count). The number of hydrogen-bond acceptors (Lipinski definition) is 6. The number of benzene rings is 1.